The van der Waals surface area contributed by atoms with Gasteiger partial charge in [-0.3, -0.25) is 4.79 Å². The summed E-state index contributed by atoms with van der Waals surface area (Å²) in [6.07, 6.45) is 0. The number of benzene rings is 2. The van der Waals surface area contributed by atoms with E-state index in [2.05, 4.69) is 37.2 Å². The molecule has 20 heavy (non-hydrogen) atoms. The number of anilines is 2. The predicted molar refractivity (Wildman–Crippen MR) is 85.4 cm³/mol. The highest BCUT2D eigenvalue weighted by Gasteiger charge is 2.10. The fourth-order valence-electron chi connectivity index (χ4n) is 1.57. The maximum absolute atomic E-state index is 12.1. The molecule has 0 fully saturated rings. The van der Waals surface area contributed by atoms with E-state index in [4.69, 9.17) is 11.0 Å². The van der Waals surface area contributed by atoms with Crippen LogP contribution in [0, 0.1) is 11.3 Å². The molecule has 3 N–H and O–H groups in total. The lowest BCUT2D eigenvalue weighted by Gasteiger charge is -2.08. The number of carbonyl (C=O) groups is 1. The number of hydrogen-bond acceptors (Lipinski definition) is 3. The van der Waals surface area contributed by atoms with E-state index < -0.39 is 0 Å². The van der Waals surface area contributed by atoms with Crippen LogP contribution in [0.2, 0.25) is 0 Å². The molecule has 0 saturated heterocycles. The Morgan fingerprint density at radius 2 is 1.90 bits per heavy atom. The summed E-state index contributed by atoms with van der Waals surface area (Å²) in [5.74, 6) is -0.269. The van der Waals surface area contributed by atoms with Gasteiger partial charge in [0.2, 0.25) is 0 Å². The molecule has 0 unspecified atom stereocenters. The first-order valence-corrected chi connectivity index (χ1v) is 7.16. The minimum Gasteiger partial charge on any atom is -0.398 e. The first-order chi connectivity index (χ1) is 9.51. The van der Waals surface area contributed by atoms with Gasteiger partial charge in [-0.05, 0) is 68.3 Å². The van der Waals surface area contributed by atoms with Crippen LogP contribution in [0.15, 0.2) is 45.3 Å². The minimum atomic E-state index is -0.269. The zero-order chi connectivity index (χ0) is 14.7. The van der Waals surface area contributed by atoms with Crippen LogP contribution < -0.4 is 11.1 Å². The van der Waals surface area contributed by atoms with Gasteiger partial charge in [0.25, 0.3) is 5.91 Å². The highest BCUT2D eigenvalue weighted by Crippen LogP contribution is 2.25. The normalized spacial score (nSPS) is 9.85. The Kier molecular flexibility index (Phi) is 4.42. The van der Waals surface area contributed by atoms with Crippen LogP contribution in [0.25, 0.3) is 0 Å². The lowest BCUT2D eigenvalue weighted by molar-refractivity contribution is 0.102. The maximum atomic E-state index is 12.1. The number of nitriles is 1. The first kappa shape index (κ1) is 14.6. The molecule has 6 heteroatoms. The van der Waals surface area contributed by atoms with Crippen LogP contribution in [-0.2, 0) is 0 Å². The van der Waals surface area contributed by atoms with Crippen LogP contribution in [0.3, 0.4) is 0 Å². The van der Waals surface area contributed by atoms with Gasteiger partial charge in [-0.25, -0.2) is 0 Å². The Bertz CT molecular complexity index is 723. The van der Waals surface area contributed by atoms with Crippen molar-refractivity contribution in [2.24, 2.45) is 0 Å². The monoisotopic (exact) mass is 393 g/mol. The minimum absolute atomic E-state index is 0.269. The molecule has 2 aromatic carbocycles. The molecule has 0 aliphatic heterocycles. The topological polar surface area (TPSA) is 78.9 Å². The molecular weight excluding hydrogens is 386 g/mol. The van der Waals surface area contributed by atoms with E-state index in [1.165, 1.54) is 0 Å². The van der Waals surface area contributed by atoms with Gasteiger partial charge >= 0.3 is 0 Å². The predicted octanol–water partition coefficient (Wildman–Crippen LogP) is 3.92. The molecular formula is C14H9Br2N3O. The second-order valence-corrected chi connectivity index (χ2v) is 5.71. The van der Waals surface area contributed by atoms with Crippen LogP contribution in [0.5, 0.6) is 0 Å². The highest BCUT2D eigenvalue weighted by atomic mass is 79.9. The molecule has 0 bridgehead atoms. The van der Waals surface area contributed by atoms with Crippen molar-refractivity contribution in [1.82, 2.24) is 0 Å². The number of rotatable bonds is 2. The number of halogens is 2. The van der Waals surface area contributed by atoms with Crippen molar-refractivity contribution in [3.05, 3.63) is 56.5 Å². The third kappa shape index (κ3) is 3.18. The Labute approximate surface area is 132 Å². The van der Waals surface area contributed by atoms with E-state index >= 15 is 0 Å². The van der Waals surface area contributed by atoms with Crippen molar-refractivity contribution in [2.45, 2.75) is 0 Å². The summed E-state index contributed by atoms with van der Waals surface area (Å²) in [6, 6.07) is 12.0. The summed E-state index contributed by atoms with van der Waals surface area (Å²) in [5, 5.41) is 11.6. The molecule has 2 aromatic rings. The molecule has 0 heterocycles. The van der Waals surface area contributed by atoms with Gasteiger partial charge in [0.15, 0.2) is 0 Å². The SMILES string of the molecule is N#Cc1ccc(NC(=O)c2ccc(Br)c(N)c2)c(Br)c1. The fourth-order valence-corrected chi connectivity index (χ4v) is 2.29. The van der Waals surface area contributed by atoms with Crippen LogP contribution >= 0.6 is 31.9 Å². The molecule has 1 amide bonds. The molecule has 0 aliphatic rings. The summed E-state index contributed by atoms with van der Waals surface area (Å²) < 4.78 is 1.39. The standard InChI is InChI=1S/C14H9Br2N3O/c15-10-3-2-9(6-12(10)18)14(20)19-13-4-1-8(7-17)5-11(13)16/h1-6H,18H2,(H,19,20). The Balaban J connectivity index is 2.23. The average molecular weight is 395 g/mol. The lowest BCUT2D eigenvalue weighted by atomic mass is 10.1. The first-order valence-electron chi connectivity index (χ1n) is 5.57. The Hall–Kier alpha value is -1.84. The molecule has 0 aliphatic carbocycles. The number of nitrogens with one attached hydrogen (secondary N) is 1. The van der Waals surface area contributed by atoms with Gasteiger partial charge in [-0.15, -0.1) is 0 Å². The molecule has 0 radical (unpaired) electrons. The van der Waals surface area contributed by atoms with Crippen LogP contribution in [-0.4, -0.2) is 5.91 Å². The second kappa shape index (κ2) is 6.07. The summed E-state index contributed by atoms with van der Waals surface area (Å²) >= 11 is 6.60. The molecule has 2 rings (SSSR count). The second-order valence-electron chi connectivity index (χ2n) is 4.00. The number of carbonyl (C=O) groups excluding carboxylic acids is 1. The molecule has 0 aromatic heterocycles. The van der Waals surface area contributed by atoms with Crippen molar-refractivity contribution in [1.29, 1.82) is 5.26 Å². The van der Waals surface area contributed by atoms with Gasteiger partial charge in [-0.2, -0.15) is 5.26 Å². The van der Waals surface area contributed by atoms with Crippen molar-refractivity contribution in [3.8, 4) is 6.07 Å². The van der Waals surface area contributed by atoms with Gasteiger partial charge in [0.05, 0.1) is 17.3 Å². The molecule has 100 valence electrons. The molecule has 0 spiro atoms. The third-order valence-electron chi connectivity index (χ3n) is 2.60. The fraction of sp³-hybridized carbons (Fsp3) is 0. The Morgan fingerprint density at radius 1 is 1.15 bits per heavy atom. The van der Waals surface area contributed by atoms with E-state index in [1.807, 2.05) is 6.07 Å². The van der Waals surface area contributed by atoms with Gasteiger partial charge in [-0.1, -0.05) is 0 Å². The molecule has 4 nitrogen and oxygen atoms in total. The van der Waals surface area contributed by atoms with E-state index in [1.54, 1.807) is 36.4 Å². The van der Waals surface area contributed by atoms with Gasteiger partial charge in [0, 0.05) is 20.2 Å². The summed E-state index contributed by atoms with van der Waals surface area (Å²) in [6.45, 7) is 0. The van der Waals surface area contributed by atoms with E-state index in [0.29, 0.717) is 27.0 Å². The maximum Gasteiger partial charge on any atom is 0.255 e. The zero-order valence-electron chi connectivity index (χ0n) is 10.2. The smallest absolute Gasteiger partial charge is 0.255 e. The number of hydrogen-bond donors (Lipinski definition) is 2. The number of nitrogens with zero attached hydrogens (tertiary/aromatic N) is 1. The number of nitrogen functional groups attached to an aromatic ring is 1. The van der Waals surface area contributed by atoms with E-state index in [0.717, 1.165) is 4.47 Å². The van der Waals surface area contributed by atoms with Gasteiger partial charge in [0.1, 0.15) is 0 Å². The van der Waals surface area contributed by atoms with Crippen LogP contribution in [0.1, 0.15) is 15.9 Å². The van der Waals surface area contributed by atoms with Crippen molar-refractivity contribution < 1.29 is 4.79 Å². The number of amides is 1. The third-order valence-corrected chi connectivity index (χ3v) is 3.98. The quantitative estimate of drug-likeness (QED) is 0.757. The zero-order valence-corrected chi connectivity index (χ0v) is 13.3. The van der Waals surface area contributed by atoms with Crippen LogP contribution in [0.4, 0.5) is 11.4 Å². The summed E-state index contributed by atoms with van der Waals surface area (Å²) in [4.78, 5) is 12.1. The average Bonchev–Trinajstić information content (AvgIpc) is 2.43. The lowest BCUT2D eigenvalue weighted by Crippen LogP contribution is -2.12. The molecule has 0 atom stereocenters. The van der Waals surface area contributed by atoms with E-state index in [9.17, 15) is 4.79 Å². The molecule has 0 saturated carbocycles. The van der Waals surface area contributed by atoms with Crippen molar-refractivity contribution in [2.75, 3.05) is 11.1 Å². The van der Waals surface area contributed by atoms with E-state index in [-0.39, 0.29) is 5.91 Å². The van der Waals surface area contributed by atoms with Crippen molar-refractivity contribution >= 4 is 49.1 Å². The largest absolute Gasteiger partial charge is 0.398 e. The van der Waals surface area contributed by atoms with Gasteiger partial charge < -0.3 is 11.1 Å². The van der Waals surface area contributed by atoms with Crippen molar-refractivity contribution in [3.63, 3.8) is 0 Å². The number of nitrogens with two attached hydrogens (primary N) is 1. The Morgan fingerprint density at radius 3 is 2.50 bits per heavy atom. The highest BCUT2D eigenvalue weighted by molar-refractivity contribution is 9.11. The summed E-state index contributed by atoms with van der Waals surface area (Å²) in [7, 11) is 0. The summed E-state index contributed by atoms with van der Waals surface area (Å²) in [5.41, 5.74) is 7.81.